The summed E-state index contributed by atoms with van der Waals surface area (Å²) >= 11 is 0. The van der Waals surface area contributed by atoms with E-state index in [0.29, 0.717) is 6.42 Å². The lowest BCUT2D eigenvalue weighted by atomic mass is 9.97. The Labute approximate surface area is 506 Å². The summed E-state index contributed by atoms with van der Waals surface area (Å²) in [6.45, 7) is 2.61. The first kappa shape index (κ1) is 76.0. The quantitative estimate of drug-likeness (QED) is 0.0204. The highest BCUT2D eigenvalue weighted by atomic mass is 16.7. The van der Waals surface area contributed by atoms with Gasteiger partial charge in [-0.05, 0) is 103 Å². The van der Waals surface area contributed by atoms with Gasteiger partial charge in [-0.25, -0.2) is 0 Å². The van der Waals surface area contributed by atoms with Crippen LogP contribution in [0.3, 0.4) is 0 Å². The highest BCUT2D eigenvalue weighted by Gasteiger charge is 2.51. The number of carbonyl (C=O) groups excluding carboxylic acids is 1. The summed E-state index contributed by atoms with van der Waals surface area (Å²) < 4.78 is 22.7. The average molecular weight is 1180 g/mol. The fourth-order valence-electron chi connectivity index (χ4n) is 9.41. The van der Waals surface area contributed by atoms with Crippen LogP contribution in [0.15, 0.2) is 146 Å². The molecule has 2 rings (SSSR count). The molecule has 0 saturated carbocycles. The molecule has 0 spiro atoms. The summed E-state index contributed by atoms with van der Waals surface area (Å²) in [7, 11) is 0. The summed E-state index contributed by atoms with van der Waals surface area (Å²) in [5.41, 5.74) is 0. The molecule has 12 unspecified atom stereocenters. The number of allylic oxidation sites excluding steroid dienone is 23. The van der Waals surface area contributed by atoms with Crippen molar-refractivity contribution >= 4 is 5.91 Å². The van der Waals surface area contributed by atoms with Crippen LogP contribution in [0.25, 0.3) is 0 Å². The molecular formula is C70H113NO13. The first-order valence-electron chi connectivity index (χ1n) is 32.1. The van der Waals surface area contributed by atoms with Crippen molar-refractivity contribution in [3.63, 3.8) is 0 Å². The third-order valence-electron chi connectivity index (χ3n) is 14.5. The second kappa shape index (κ2) is 53.1. The third-order valence-corrected chi connectivity index (χ3v) is 14.5. The van der Waals surface area contributed by atoms with E-state index in [9.17, 15) is 45.6 Å². The Balaban J connectivity index is 1.60. The van der Waals surface area contributed by atoms with Gasteiger partial charge in [0.15, 0.2) is 12.6 Å². The van der Waals surface area contributed by atoms with E-state index < -0.39 is 86.8 Å². The maximum atomic E-state index is 13.2. The highest BCUT2D eigenvalue weighted by Crippen LogP contribution is 2.30. The molecule has 2 aliphatic rings. The Hall–Kier alpha value is -4.13. The smallest absolute Gasteiger partial charge is 0.220 e. The van der Waals surface area contributed by atoms with Crippen LogP contribution in [0.2, 0.25) is 0 Å². The summed E-state index contributed by atoms with van der Waals surface area (Å²) in [6.07, 6.45) is 63.5. The SMILES string of the molecule is CC/C=C\C/C=C\C/C=C\C/C=C\C/C=C\C/C=C\C/C=C\C/C=C\C/C=C\C/C=C\C/C=C\CCCCCCCCCC(=O)NC(COC1OC(CO)C(OC2OC(CO)C(O)C(O)C2O)C(O)C1O)C(O)/C=C/CCCCCCCCC. The monoisotopic (exact) mass is 1180 g/mol. The maximum Gasteiger partial charge on any atom is 0.220 e. The zero-order valence-corrected chi connectivity index (χ0v) is 51.3. The molecule has 2 heterocycles. The predicted octanol–water partition coefficient (Wildman–Crippen LogP) is 12.1. The number of rotatable bonds is 49. The number of nitrogens with one attached hydrogen (secondary N) is 1. The number of unbranched alkanes of at least 4 members (excludes halogenated alkanes) is 14. The van der Waals surface area contributed by atoms with E-state index >= 15 is 0 Å². The largest absolute Gasteiger partial charge is 0.394 e. The Morgan fingerprint density at radius 3 is 1.26 bits per heavy atom. The first-order chi connectivity index (χ1) is 41.1. The van der Waals surface area contributed by atoms with Crippen LogP contribution >= 0.6 is 0 Å². The van der Waals surface area contributed by atoms with Gasteiger partial charge in [0.25, 0.3) is 0 Å². The lowest BCUT2D eigenvalue weighted by Crippen LogP contribution is -2.65. The average Bonchev–Trinajstić information content (AvgIpc) is 2.28. The van der Waals surface area contributed by atoms with Crippen LogP contribution in [0, 0.1) is 0 Å². The minimum atomic E-state index is -1.79. The van der Waals surface area contributed by atoms with Crippen molar-refractivity contribution in [2.24, 2.45) is 0 Å². The van der Waals surface area contributed by atoms with Gasteiger partial charge in [0.2, 0.25) is 5.91 Å². The number of ether oxygens (including phenoxy) is 4. The number of hydrogen-bond acceptors (Lipinski definition) is 13. The molecule has 14 heteroatoms. The summed E-state index contributed by atoms with van der Waals surface area (Å²) in [5, 5.41) is 86.8. The van der Waals surface area contributed by atoms with Crippen LogP contribution in [-0.2, 0) is 23.7 Å². The molecule has 14 nitrogen and oxygen atoms in total. The van der Waals surface area contributed by atoms with Gasteiger partial charge in [0.05, 0.1) is 32.0 Å². The third kappa shape index (κ3) is 37.4. The zero-order chi connectivity index (χ0) is 60.9. The van der Waals surface area contributed by atoms with Crippen LogP contribution in [-0.4, -0.2) is 140 Å². The van der Waals surface area contributed by atoms with Gasteiger partial charge < -0.3 is 65.1 Å². The van der Waals surface area contributed by atoms with Gasteiger partial charge in [0, 0.05) is 6.42 Å². The number of aliphatic hydroxyl groups excluding tert-OH is 8. The van der Waals surface area contributed by atoms with Crippen molar-refractivity contribution in [1.29, 1.82) is 0 Å². The Morgan fingerprint density at radius 2 is 0.821 bits per heavy atom. The molecule has 2 fully saturated rings. The second-order valence-corrected chi connectivity index (χ2v) is 21.8. The minimum Gasteiger partial charge on any atom is -0.394 e. The molecule has 1 amide bonds. The van der Waals surface area contributed by atoms with E-state index in [1.54, 1.807) is 6.08 Å². The van der Waals surface area contributed by atoms with E-state index in [0.717, 1.165) is 141 Å². The van der Waals surface area contributed by atoms with Gasteiger partial charge in [-0.15, -0.1) is 0 Å². The second-order valence-electron chi connectivity index (χ2n) is 21.8. The Kier molecular flexibility index (Phi) is 48.1. The molecule has 84 heavy (non-hydrogen) atoms. The van der Waals surface area contributed by atoms with Crippen molar-refractivity contribution in [3.8, 4) is 0 Å². The molecule has 0 aromatic carbocycles. The van der Waals surface area contributed by atoms with Gasteiger partial charge in [-0.2, -0.15) is 0 Å². The first-order valence-corrected chi connectivity index (χ1v) is 32.1. The number of carbonyl (C=O) groups is 1. The van der Waals surface area contributed by atoms with E-state index in [1.165, 1.54) is 25.7 Å². The molecular weight excluding hydrogens is 1060 g/mol. The van der Waals surface area contributed by atoms with Gasteiger partial charge in [-0.3, -0.25) is 4.79 Å². The number of aliphatic hydroxyl groups is 8. The Morgan fingerprint density at radius 1 is 0.440 bits per heavy atom. The molecule has 0 bridgehead atoms. The van der Waals surface area contributed by atoms with Crippen LogP contribution < -0.4 is 5.32 Å². The highest BCUT2D eigenvalue weighted by molar-refractivity contribution is 5.76. The topological polar surface area (TPSA) is 228 Å². The van der Waals surface area contributed by atoms with Crippen LogP contribution in [0.5, 0.6) is 0 Å². The summed E-state index contributed by atoms with van der Waals surface area (Å²) in [4.78, 5) is 13.2. The minimum absolute atomic E-state index is 0.258. The van der Waals surface area contributed by atoms with Crippen LogP contribution in [0.4, 0.5) is 0 Å². The fourth-order valence-corrected chi connectivity index (χ4v) is 9.41. The van der Waals surface area contributed by atoms with Crippen molar-refractivity contribution in [3.05, 3.63) is 146 Å². The zero-order valence-electron chi connectivity index (χ0n) is 51.3. The molecule has 476 valence electrons. The maximum absolute atomic E-state index is 13.2. The lowest BCUT2D eigenvalue weighted by Gasteiger charge is -2.46. The molecule has 2 aliphatic heterocycles. The van der Waals surface area contributed by atoms with Crippen molar-refractivity contribution in [2.45, 2.75) is 267 Å². The van der Waals surface area contributed by atoms with E-state index in [2.05, 4.69) is 153 Å². The van der Waals surface area contributed by atoms with Crippen LogP contribution in [0.1, 0.15) is 194 Å². The Bertz CT molecular complexity index is 1970. The van der Waals surface area contributed by atoms with Gasteiger partial charge in [0.1, 0.15) is 48.8 Å². The molecule has 12 atom stereocenters. The number of amides is 1. The molecule has 0 radical (unpaired) electrons. The standard InChI is InChI=1S/C70H113NO13/c1-3-5-7-9-11-13-14-15-16-17-18-19-20-21-22-23-24-25-26-27-28-29-30-31-32-33-34-35-36-37-38-39-40-41-42-43-44-46-48-50-52-54-62(75)71-58(59(74)53-51-49-47-45-12-10-8-6-4-2)57-81-69-67(80)65(78)68(61(56-73)83-69)84-70-66(79)64(77)63(76)60(55-72)82-70/h5,7,11,13,15-16,18-19,21-22,24-25,27-28,30-31,33-34,36-37,39-40,51,53,58-61,63-70,72-74,76-80H,3-4,6,8-10,12,14,17,20,23,26,29,32,35,38,41-50,52,54-57H2,1-2H3,(H,71,75)/b7-5-,13-11-,16-15-,19-18-,22-21-,25-24-,28-27-,31-30-,34-33-,37-36-,40-39-,53-51+. The van der Waals surface area contributed by atoms with Crippen molar-refractivity contribution in [2.75, 3.05) is 19.8 Å². The molecule has 0 aliphatic carbocycles. The van der Waals surface area contributed by atoms with Crippen molar-refractivity contribution in [1.82, 2.24) is 5.32 Å². The molecule has 0 aromatic heterocycles. The van der Waals surface area contributed by atoms with E-state index in [4.69, 9.17) is 18.9 Å². The summed E-state index contributed by atoms with van der Waals surface area (Å²) in [5.74, 6) is -0.260. The van der Waals surface area contributed by atoms with Gasteiger partial charge in [-0.1, -0.05) is 230 Å². The lowest BCUT2D eigenvalue weighted by molar-refractivity contribution is -0.359. The molecule has 0 aromatic rings. The number of hydrogen-bond donors (Lipinski definition) is 9. The van der Waals surface area contributed by atoms with Gasteiger partial charge >= 0.3 is 0 Å². The van der Waals surface area contributed by atoms with E-state index in [-0.39, 0.29) is 18.9 Å². The van der Waals surface area contributed by atoms with E-state index in [1.807, 2.05) is 6.08 Å². The molecule has 2 saturated heterocycles. The molecule has 9 N–H and O–H groups in total. The fraction of sp³-hybridized carbons (Fsp3) is 0.643. The predicted molar refractivity (Wildman–Crippen MR) is 341 cm³/mol. The normalized spacial score (nSPS) is 24.7. The van der Waals surface area contributed by atoms with Crippen molar-refractivity contribution < 1.29 is 64.6 Å². The summed E-state index contributed by atoms with van der Waals surface area (Å²) in [6, 6.07) is -0.929.